The maximum atomic E-state index is 13.0. The van der Waals surface area contributed by atoms with Gasteiger partial charge in [-0.2, -0.15) is 0 Å². The number of rotatable bonds is 4. The van der Waals surface area contributed by atoms with Crippen LogP contribution in [0.25, 0.3) is 0 Å². The highest BCUT2D eigenvalue weighted by molar-refractivity contribution is 6.05. The highest BCUT2D eigenvalue weighted by Gasteiger charge is 2.37. The second-order valence-electron chi connectivity index (χ2n) is 7.02. The fraction of sp³-hybridized carbons (Fsp3) is 0.238. The molecule has 0 radical (unpaired) electrons. The quantitative estimate of drug-likeness (QED) is 0.830. The molecule has 1 N–H and O–H groups in total. The van der Waals surface area contributed by atoms with Crippen molar-refractivity contribution in [2.75, 3.05) is 23.4 Å². The van der Waals surface area contributed by atoms with Crippen molar-refractivity contribution in [2.24, 2.45) is 5.41 Å². The van der Waals surface area contributed by atoms with Crippen molar-refractivity contribution in [1.29, 1.82) is 0 Å². The number of halogens is 1. The molecule has 0 saturated heterocycles. The molecule has 3 rings (SSSR count). The van der Waals surface area contributed by atoms with E-state index in [-0.39, 0.29) is 18.4 Å². The molecule has 140 valence electrons. The van der Waals surface area contributed by atoms with Gasteiger partial charge in [-0.1, -0.05) is 6.08 Å². The van der Waals surface area contributed by atoms with Gasteiger partial charge in [-0.3, -0.25) is 9.59 Å². The van der Waals surface area contributed by atoms with Gasteiger partial charge >= 0.3 is 0 Å². The van der Waals surface area contributed by atoms with E-state index in [1.54, 1.807) is 29.2 Å². The maximum Gasteiger partial charge on any atom is 0.255 e. The fourth-order valence-electron chi connectivity index (χ4n) is 2.84. The minimum Gasteiger partial charge on any atom is -0.490 e. The Labute approximate surface area is 157 Å². The molecule has 0 atom stereocenters. The Morgan fingerprint density at radius 2 is 2.00 bits per heavy atom. The number of carbonyl (C=O) groups excluding carboxylic acids is 2. The number of fused-ring (bicyclic) bond motifs is 1. The molecule has 5 nitrogen and oxygen atoms in total. The van der Waals surface area contributed by atoms with Gasteiger partial charge in [-0.25, -0.2) is 4.39 Å². The predicted molar refractivity (Wildman–Crippen MR) is 103 cm³/mol. The molecule has 0 saturated carbocycles. The Balaban J connectivity index is 1.92. The number of carbonyl (C=O) groups is 2. The summed E-state index contributed by atoms with van der Waals surface area (Å²) in [6.45, 7) is 7.96. The lowest BCUT2D eigenvalue weighted by molar-refractivity contribution is -0.127. The number of amides is 2. The molecule has 2 amide bonds. The summed E-state index contributed by atoms with van der Waals surface area (Å²) < 4.78 is 18.8. The van der Waals surface area contributed by atoms with Crippen molar-refractivity contribution in [1.82, 2.24) is 0 Å². The summed E-state index contributed by atoms with van der Waals surface area (Å²) >= 11 is 0. The lowest BCUT2D eigenvalue weighted by Crippen LogP contribution is -2.42. The third-order valence-corrected chi connectivity index (χ3v) is 4.34. The Morgan fingerprint density at radius 3 is 2.67 bits per heavy atom. The number of nitrogens with zero attached hydrogens (tertiary/aromatic N) is 1. The summed E-state index contributed by atoms with van der Waals surface area (Å²) in [5.74, 6) is -0.292. The Kier molecular flexibility index (Phi) is 4.99. The SMILES string of the molecule is C=CCN1C(=O)C(C)(C)COc2ccc(NC(=O)c3ccc(F)cc3)cc21. The topological polar surface area (TPSA) is 58.6 Å². The molecule has 0 aromatic heterocycles. The number of hydrogen-bond donors (Lipinski definition) is 1. The van der Waals surface area contributed by atoms with Crippen LogP contribution in [0.1, 0.15) is 24.2 Å². The van der Waals surface area contributed by atoms with Gasteiger partial charge in [0.2, 0.25) is 5.91 Å². The van der Waals surface area contributed by atoms with Crippen LogP contribution in [0.5, 0.6) is 5.75 Å². The van der Waals surface area contributed by atoms with Crippen molar-refractivity contribution < 1.29 is 18.7 Å². The minimum absolute atomic E-state index is 0.0804. The zero-order chi connectivity index (χ0) is 19.6. The summed E-state index contributed by atoms with van der Waals surface area (Å²) in [6, 6.07) is 10.4. The average Bonchev–Trinajstić information content (AvgIpc) is 2.73. The van der Waals surface area contributed by atoms with E-state index < -0.39 is 11.2 Å². The highest BCUT2D eigenvalue weighted by Crippen LogP contribution is 2.38. The second-order valence-corrected chi connectivity index (χ2v) is 7.02. The molecule has 0 unspecified atom stereocenters. The van der Waals surface area contributed by atoms with Crippen molar-refractivity contribution in [3.63, 3.8) is 0 Å². The lowest BCUT2D eigenvalue weighted by atomic mass is 9.93. The minimum atomic E-state index is -0.681. The van der Waals surface area contributed by atoms with Gasteiger partial charge in [0, 0.05) is 17.8 Å². The van der Waals surface area contributed by atoms with E-state index in [0.717, 1.165) is 0 Å². The predicted octanol–water partition coefficient (Wildman–Crippen LogP) is 4.02. The average molecular weight is 368 g/mol. The van der Waals surface area contributed by atoms with E-state index >= 15 is 0 Å². The molecule has 2 aromatic carbocycles. The number of benzene rings is 2. The molecular weight excluding hydrogens is 347 g/mol. The molecule has 0 spiro atoms. The van der Waals surface area contributed by atoms with E-state index in [2.05, 4.69) is 11.9 Å². The Hall–Kier alpha value is -3.15. The zero-order valence-electron chi connectivity index (χ0n) is 15.3. The summed E-state index contributed by atoms with van der Waals surface area (Å²) in [5, 5.41) is 2.77. The molecule has 0 aliphatic carbocycles. The Bertz CT molecular complexity index is 891. The van der Waals surface area contributed by atoms with E-state index in [4.69, 9.17) is 4.74 Å². The first-order chi connectivity index (χ1) is 12.8. The lowest BCUT2D eigenvalue weighted by Gasteiger charge is -2.27. The fourth-order valence-corrected chi connectivity index (χ4v) is 2.84. The molecule has 27 heavy (non-hydrogen) atoms. The first kappa shape index (κ1) is 18.6. The number of hydrogen-bond acceptors (Lipinski definition) is 3. The van der Waals surface area contributed by atoms with Crippen LogP contribution in [-0.2, 0) is 4.79 Å². The molecule has 1 aliphatic heterocycles. The van der Waals surface area contributed by atoms with E-state index in [9.17, 15) is 14.0 Å². The van der Waals surface area contributed by atoms with Crippen LogP contribution in [0.15, 0.2) is 55.1 Å². The summed E-state index contributed by atoms with van der Waals surface area (Å²) in [5.41, 5.74) is 0.734. The summed E-state index contributed by atoms with van der Waals surface area (Å²) in [7, 11) is 0. The van der Waals surface area contributed by atoms with Crippen LogP contribution in [-0.4, -0.2) is 25.0 Å². The van der Waals surface area contributed by atoms with Crippen LogP contribution in [0.2, 0.25) is 0 Å². The monoisotopic (exact) mass is 368 g/mol. The number of ether oxygens (including phenoxy) is 1. The van der Waals surface area contributed by atoms with Crippen molar-refractivity contribution in [3.8, 4) is 5.75 Å². The van der Waals surface area contributed by atoms with Crippen LogP contribution in [0, 0.1) is 11.2 Å². The van der Waals surface area contributed by atoms with E-state index in [1.807, 2.05) is 13.8 Å². The third kappa shape index (κ3) is 3.84. The second kappa shape index (κ2) is 7.23. The summed E-state index contributed by atoms with van der Waals surface area (Å²) in [4.78, 5) is 26.9. The van der Waals surface area contributed by atoms with Gasteiger partial charge in [0.15, 0.2) is 0 Å². The largest absolute Gasteiger partial charge is 0.490 e. The van der Waals surface area contributed by atoms with Gasteiger partial charge in [0.1, 0.15) is 18.2 Å². The zero-order valence-corrected chi connectivity index (χ0v) is 15.3. The third-order valence-electron chi connectivity index (χ3n) is 4.34. The first-order valence-corrected chi connectivity index (χ1v) is 8.58. The molecular formula is C21H21FN2O3. The molecule has 1 aliphatic rings. The molecule has 6 heteroatoms. The van der Waals surface area contributed by atoms with Gasteiger partial charge in [-0.15, -0.1) is 6.58 Å². The van der Waals surface area contributed by atoms with Crippen molar-refractivity contribution >= 4 is 23.2 Å². The molecule has 1 heterocycles. The first-order valence-electron chi connectivity index (χ1n) is 8.58. The maximum absolute atomic E-state index is 13.0. The van der Waals surface area contributed by atoms with E-state index in [0.29, 0.717) is 29.2 Å². The normalized spacial score (nSPS) is 15.4. The van der Waals surface area contributed by atoms with Gasteiger partial charge in [0.05, 0.1) is 11.1 Å². The van der Waals surface area contributed by atoms with Gasteiger partial charge in [0.25, 0.3) is 5.91 Å². The van der Waals surface area contributed by atoms with Crippen LogP contribution < -0.4 is 15.0 Å². The standard InChI is InChI=1S/C21H21FN2O3/c1-4-11-24-17-12-16(23-19(25)14-5-7-15(22)8-6-14)9-10-18(17)27-13-21(2,3)20(24)26/h4-10,12H,1,11,13H2,2-3H3,(H,23,25). The summed E-state index contributed by atoms with van der Waals surface area (Å²) in [6.07, 6.45) is 1.65. The van der Waals surface area contributed by atoms with Crippen LogP contribution in [0.4, 0.5) is 15.8 Å². The molecule has 0 fully saturated rings. The molecule has 2 aromatic rings. The Morgan fingerprint density at radius 1 is 1.30 bits per heavy atom. The highest BCUT2D eigenvalue weighted by atomic mass is 19.1. The van der Waals surface area contributed by atoms with Gasteiger partial charge < -0.3 is 15.0 Å². The van der Waals surface area contributed by atoms with Crippen LogP contribution >= 0.6 is 0 Å². The van der Waals surface area contributed by atoms with Crippen molar-refractivity contribution in [2.45, 2.75) is 13.8 Å². The van der Waals surface area contributed by atoms with E-state index in [1.165, 1.54) is 24.3 Å². The number of nitrogens with one attached hydrogen (secondary N) is 1. The smallest absolute Gasteiger partial charge is 0.255 e. The molecule has 0 bridgehead atoms. The number of anilines is 2. The van der Waals surface area contributed by atoms with Crippen LogP contribution in [0.3, 0.4) is 0 Å². The van der Waals surface area contributed by atoms with Gasteiger partial charge in [-0.05, 0) is 56.3 Å². The van der Waals surface area contributed by atoms with Crippen molar-refractivity contribution in [3.05, 3.63) is 66.5 Å².